The molecule has 0 unspecified atom stereocenters. The maximum absolute atomic E-state index is 8.46. The molecule has 0 aliphatic carbocycles. The maximum Gasteiger partial charge on any atom is 0.0564 e. The Bertz CT molecular complexity index is 110. The number of aliphatic hydroxyl groups excluding tert-OH is 1. The summed E-state index contributed by atoms with van der Waals surface area (Å²) in [5.41, 5.74) is 0.245. The van der Waals surface area contributed by atoms with Gasteiger partial charge in [0, 0.05) is 18.6 Å². The second kappa shape index (κ2) is 4.04. The fourth-order valence-corrected chi connectivity index (χ4v) is 1.02. The molecule has 1 rings (SSSR count). The summed E-state index contributed by atoms with van der Waals surface area (Å²) in [6, 6.07) is 0. The van der Waals surface area contributed by atoms with Crippen LogP contribution in [-0.2, 0) is 9.47 Å². The lowest BCUT2D eigenvalue weighted by molar-refractivity contribution is -0.138. The van der Waals surface area contributed by atoms with Gasteiger partial charge >= 0.3 is 0 Å². The van der Waals surface area contributed by atoms with E-state index in [9.17, 15) is 0 Å². The summed E-state index contributed by atoms with van der Waals surface area (Å²) in [6.45, 7) is 5.40. The highest BCUT2D eigenvalue weighted by atomic mass is 16.5. The van der Waals surface area contributed by atoms with Gasteiger partial charge in [-0.05, 0) is 6.42 Å². The van der Waals surface area contributed by atoms with E-state index in [-0.39, 0.29) is 12.0 Å². The molecule has 0 radical (unpaired) electrons. The Labute approximate surface area is 67.3 Å². The van der Waals surface area contributed by atoms with Gasteiger partial charge in [-0.3, -0.25) is 0 Å². The Morgan fingerprint density at radius 3 is 2.73 bits per heavy atom. The van der Waals surface area contributed by atoms with Crippen molar-refractivity contribution in [1.82, 2.24) is 0 Å². The third kappa shape index (κ3) is 2.77. The van der Waals surface area contributed by atoms with Gasteiger partial charge in [-0.15, -0.1) is 0 Å². The normalized spacial score (nSPS) is 21.3. The van der Waals surface area contributed by atoms with E-state index in [0.29, 0.717) is 6.61 Å². The van der Waals surface area contributed by atoms with Crippen molar-refractivity contribution >= 4 is 0 Å². The zero-order valence-corrected chi connectivity index (χ0v) is 7.01. The molecule has 3 nitrogen and oxygen atoms in total. The molecule has 1 heterocycles. The molecule has 1 saturated heterocycles. The average molecular weight is 160 g/mol. The minimum atomic E-state index is 0.215. The van der Waals surface area contributed by atoms with Gasteiger partial charge in [0.15, 0.2) is 0 Å². The minimum absolute atomic E-state index is 0.215. The lowest BCUT2D eigenvalue weighted by Gasteiger charge is -2.37. The maximum atomic E-state index is 8.46. The van der Waals surface area contributed by atoms with Gasteiger partial charge in [0.2, 0.25) is 0 Å². The summed E-state index contributed by atoms with van der Waals surface area (Å²) in [5, 5.41) is 8.46. The van der Waals surface area contributed by atoms with Crippen molar-refractivity contribution < 1.29 is 14.6 Å². The Kier molecular flexibility index (Phi) is 3.30. The second-order valence-corrected chi connectivity index (χ2v) is 3.43. The molecular weight excluding hydrogens is 144 g/mol. The first kappa shape index (κ1) is 8.97. The molecule has 0 atom stereocenters. The van der Waals surface area contributed by atoms with Crippen molar-refractivity contribution in [2.45, 2.75) is 13.3 Å². The Hall–Kier alpha value is -0.120. The van der Waals surface area contributed by atoms with Crippen molar-refractivity contribution in [3.8, 4) is 0 Å². The van der Waals surface area contributed by atoms with E-state index in [2.05, 4.69) is 6.92 Å². The van der Waals surface area contributed by atoms with Crippen LogP contribution in [0.4, 0.5) is 0 Å². The molecule has 0 aromatic carbocycles. The van der Waals surface area contributed by atoms with Crippen LogP contribution in [0.3, 0.4) is 0 Å². The number of rotatable bonds is 5. The quantitative estimate of drug-likeness (QED) is 0.592. The van der Waals surface area contributed by atoms with Crippen molar-refractivity contribution in [3.63, 3.8) is 0 Å². The summed E-state index contributed by atoms with van der Waals surface area (Å²) in [7, 11) is 0. The van der Waals surface area contributed by atoms with Crippen LogP contribution in [0.5, 0.6) is 0 Å². The number of aliphatic hydroxyl groups is 1. The molecule has 3 heteroatoms. The second-order valence-electron chi connectivity index (χ2n) is 3.43. The Balaban J connectivity index is 1.94. The third-order valence-corrected chi connectivity index (χ3v) is 1.80. The lowest BCUT2D eigenvalue weighted by atomic mass is 9.90. The van der Waals surface area contributed by atoms with Gasteiger partial charge in [0.1, 0.15) is 0 Å². The zero-order valence-electron chi connectivity index (χ0n) is 7.01. The molecule has 0 spiro atoms. The van der Waals surface area contributed by atoms with Crippen LogP contribution in [0.25, 0.3) is 0 Å². The van der Waals surface area contributed by atoms with E-state index in [1.54, 1.807) is 0 Å². The summed E-state index contributed by atoms with van der Waals surface area (Å²) in [4.78, 5) is 0. The van der Waals surface area contributed by atoms with E-state index in [4.69, 9.17) is 14.6 Å². The summed E-state index contributed by atoms with van der Waals surface area (Å²) in [6.07, 6.45) is 0.733. The smallest absolute Gasteiger partial charge is 0.0564 e. The standard InChI is InChI=1S/C8H16O3/c1-8(6-11-7-8)5-10-4-2-3-9/h9H,2-7H2,1H3. The van der Waals surface area contributed by atoms with Gasteiger partial charge in [-0.1, -0.05) is 6.92 Å². The topological polar surface area (TPSA) is 38.7 Å². The molecule has 1 aliphatic heterocycles. The van der Waals surface area contributed by atoms with Gasteiger partial charge in [0.05, 0.1) is 19.8 Å². The first-order chi connectivity index (χ1) is 5.27. The van der Waals surface area contributed by atoms with Crippen LogP contribution in [-0.4, -0.2) is 38.1 Å². The van der Waals surface area contributed by atoms with Crippen LogP contribution in [0.1, 0.15) is 13.3 Å². The molecule has 0 aromatic heterocycles. The predicted molar refractivity (Wildman–Crippen MR) is 41.4 cm³/mol. The van der Waals surface area contributed by atoms with E-state index in [1.807, 2.05) is 0 Å². The first-order valence-electron chi connectivity index (χ1n) is 4.03. The largest absolute Gasteiger partial charge is 0.396 e. The van der Waals surface area contributed by atoms with E-state index in [0.717, 1.165) is 26.2 Å². The molecule has 0 bridgehead atoms. The fourth-order valence-electron chi connectivity index (χ4n) is 1.02. The molecule has 11 heavy (non-hydrogen) atoms. The number of hydrogen-bond donors (Lipinski definition) is 1. The van der Waals surface area contributed by atoms with Gasteiger partial charge < -0.3 is 14.6 Å². The highest BCUT2D eigenvalue weighted by Gasteiger charge is 2.33. The highest BCUT2D eigenvalue weighted by Crippen LogP contribution is 2.26. The van der Waals surface area contributed by atoms with Crippen LogP contribution >= 0.6 is 0 Å². The van der Waals surface area contributed by atoms with Gasteiger partial charge in [-0.25, -0.2) is 0 Å². The van der Waals surface area contributed by atoms with Crippen molar-refractivity contribution in [2.24, 2.45) is 5.41 Å². The van der Waals surface area contributed by atoms with Crippen molar-refractivity contribution in [1.29, 1.82) is 0 Å². The van der Waals surface area contributed by atoms with E-state index >= 15 is 0 Å². The summed E-state index contributed by atoms with van der Waals surface area (Å²) < 4.78 is 10.4. The highest BCUT2D eigenvalue weighted by molar-refractivity contribution is 4.79. The van der Waals surface area contributed by atoms with Crippen LogP contribution in [0, 0.1) is 5.41 Å². The monoisotopic (exact) mass is 160 g/mol. The molecule has 0 amide bonds. The molecule has 1 fully saturated rings. The lowest BCUT2D eigenvalue weighted by Crippen LogP contribution is -2.43. The van der Waals surface area contributed by atoms with Crippen molar-refractivity contribution in [2.75, 3.05) is 33.0 Å². The average Bonchev–Trinajstić information content (AvgIpc) is 1.95. The SMILES string of the molecule is CC1(COCCCO)COC1. The van der Waals surface area contributed by atoms with Crippen LogP contribution in [0.2, 0.25) is 0 Å². The molecule has 66 valence electrons. The molecule has 1 N–H and O–H groups in total. The predicted octanol–water partition coefficient (Wildman–Crippen LogP) is 0.422. The van der Waals surface area contributed by atoms with Crippen LogP contribution in [0.15, 0.2) is 0 Å². The van der Waals surface area contributed by atoms with Crippen LogP contribution < -0.4 is 0 Å². The Morgan fingerprint density at radius 1 is 1.55 bits per heavy atom. The van der Waals surface area contributed by atoms with Gasteiger partial charge in [0.25, 0.3) is 0 Å². The van der Waals surface area contributed by atoms with Gasteiger partial charge in [-0.2, -0.15) is 0 Å². The third-order valence-electron chi connectivity index (χ3n) is 1.80. The number of ether oxygens (including phenoxy) is 2. The molecule has 0 saturated carbocycles. The van der Waals surface area contributed by atoms with E-state index in [1.165, 1.54) is 0 Å². The Morgan fingerprint density at radius 2 is 2.27 bits per heavy atom. The fraction of sp³-hybridized carbons (Fsp3) is 1.00. The molecular formula is C8H16O3. The summed E-state index contributed by atoms with van der Waals surface area (Å²) in [5.74, 6) is 0. The first-order valence-corrected chi connectivity index (χ1v) is 4.03. The minimum Gasteiger partial charge on any atom is -0.396 e. The van der Waals surface area contributed by atoms with Crippen molar-refractivity contribution in [3.05, 3.63) is 0 Å². The molecule has 1 aliphatic rings. The summed E-state index contributed by atoms with van der Waals surface area (Å²) >= 11 is 0. The molecule has 0 aromatic rings. The van der Waals surface area contributed by atoms with E-state index < -0.39 is 0 Å². The zero-order chi connectivity index (χ0) is 8.16. The number of hydrogen-bond acceptors (Lipinski definition) is 3.